The number of hydrogen-bond acceptors (Lipinski definition) is 4. The fourth-order valence-electron chi connectivity index (χ4n) is 2.35. The summed E-state index contributed by atoms with van der Waals surface area (Å²) in [5.41, 5.74) is 0.914. The number of carbonyl (C=O) groups is 2. The summed E-state index contributed by atoms with van der Waals surface area (Å²) in [5, 5.41) is 13.3. The lowest BCUT2D eigenvalue weighted by molar-refractivity contribution is -0.142. The summed E-state index contributed by atoms with van der Waals surface area (Å²) in [6.07, 6.45) is 0. The minimum atomic E-state index is -1.03. The van der Waals surface area contributed by atoms with E-state index in [-0.39, 0.29) is 31.6 Å². The van der Waals surface area contributed by atoms with Crippen LogP contribution in [0.3, 0.4) is 0 Å². The van der Waals surface area contributed by atoms with Crippen molar-refractivity contribution in [2.45, 2.75) is 12.8 Å². The summed E-state index contributed by atoms with van der Waals surface area (Å²) < 4.78 is 10.1. The molecule has 0 saturated carbocycles. The second-order valence-electron chi connectivity index (χ2n) is 5.43. The Bertz CT molecular complexity index is 728. The number of carbonyl (C=O) groups excluding carboxylic acids is 1. The molecule has 0 aliphatic heterocycles. The molecule has 0 radical (unpaired) electrons. The lowest BCUT2D eigenvalue weighted by Gasteiger charge is -2.13. The monoisotopic (exact) mass is 331 g/mol. The van der Waals surface area contributed by atoms with E-state index in [4.69, 9.17) is 14.6 Å². The van der Waals surface area contributed by atoms with Crippen molar-refractivity contribution in [3.63, 3.8) is 0 Å². The van der Waals surface area contributed by atoms with Crippen LogP contribution in [0.15, 0.2) is 36.4 Å². The molecule has 128 valence electrons. The zero-order valence-electron chi connectivity index (χ0n) is 13.7. The van der Waals surface area contributed by atoms with Crippen LogP contribution in [-0.2, 0) is 14.3 Å². The van der Waals surface area contributed by atoms with Crippen molar-refractivity contribution in [1.82, 2.24) is 5.32 Å². The summed E-state index contributed by atoms with van der Waals surface area (Å²) in [6.45, 7) is 1.92. The molecule has 24 heavy (non-hydrogen) atoms. The Kier molecular flexibility index (Phi) is 6.14. The van der Waals surface area contributed by atoms with Gasteiger partial charge in [0.15, 0.2) is 0 Å². The van der Waals surface area contributed by atoms with Crippen LogP contribution in [0.2, 0.25) is 0 Å². The van der Waals surface area contributed by atoms with Crippen molar-refractivity contribution in [3.8, 4) is 5.75 Å². The summed E-state index contributed by atoms with van der Waals surface area (Å²) in [6, 6.07) is 11.7. The SMILES string of the molecule is COc1ccc2cc([C@H](C)C(=O)NCCOCC(=O)O)ccc2c1. The maximum atomic E-state index is 12.2. The van der Waals surface area contributed by atoms with E-state index in [0.29, 0.717) is 0 Å². The summed E-state index contributed by atoms with van der Waals surface area (Å²) in [5.74, 6) is -0.664. The number of nitrogens with one attached hydrogen (secondary N) is 1. The van der Waals surface area contributed by atoms with Crippen molar-refractivity contribution in [1.29, 1.82) is 0 Å². The lowest BCUT2D eigenvalue weighted by atomic mass is 9.97. The van der Waals surface area contributed by atoms with Crippen LogP contribution >= 0.6 is 0 Å². The number of amides is 1. The van der Waals surface area contributed by atoms with Crippen LogP contribution in [0.25, 0.3) is 10.8 Å². The van der Waals surface area contributed by atoms with Gasteiger partial charge in [-0.25, -0.2) is 4.79 Å². The maximum absolute atomic E-state index is 12.2. The first-order chi connectivity index (χ1) is 11.5. The summed E-state index contributed by atoms with van der Waals surface area (Å²) >= 11 is 0. The molecule has 1 amide bonds. The molecule has 2 aromatic carbocycles. The van der Waals surface area contributed by atoms with Gasteiger partial charge in [0.1, 0.15) is 12.4 Å². The number of carboxylic acid groups (broad SMARTS) is 1. The Morgan fingerprint density at radius 2 is 1.88 bits per heavy atom. The Morgan fingerprint density at radius 3 is 2.58 bits per heavy atom. The predicted molar refractivity (Wildman–Crippen MR) is 90.4 cm³/mol. The van der Waals surface area contributed by atoms with Gasteiger partial charge in [-0.1, -0.05) is 24.3 Å². The molecule has 6 heteroatoms. The van der Waals surface area contributed by atoms with E-state index in [1.807, 2.05) is 43.3 Å². The van der Waals surface area contributed by atoms with Gasteiger partial charge >= 0.3 is 5.97 Å². The second-order valence-corrected chi connectivity index (χ2v) is 5.43. The van der Waals surface area contributed by atoms with Crippen LogP contribution in [0.4, 0.5) is 0 Å². The number of aliphatic carboxylic acids is 1. The van der Waals surface area contributed by atoms with E-state index in [1.165, 1.54) is 0 Å². The number of benzene rings is 2. The van der Waals surface area contributed by atoms with Crippen LogP contribution in [0.1, 0.15) is 18.4 Å². The van der Waals surface area contributed by atoms with E-state index < -0.39 is 5.97 Å². The largest absolute Gasteiger partial charge is 0.497 e. The molecule has 0 bridgehead atoms. The molecule has 6 nitrogen and oxygen atoms in total. The van der Waals surface area contributed by atoms with Gasteiger partial charge in [-0.15, -0.1) is 0 Å². The fraction of sp³-hybridized carbons (Fsp3) is 0.333. The first-order valence-corrected chi connectivity index (χ1v) is 7.66. The number of rotatable bonds is 8. The molecule has 0 spiro atoms. The summed E-state index contributed by atoms with van der Waals surface area (Å²) in [7, 11) is 1.63. The van der Waals surface area contributed by atoms with E-state index in [2.05, 4.69) is 5.32 Å². The molecule has 2 N–H and O–H groups in total. The Balaban J connectivity index is 1.95. The third-order valence-electron chi connectivity index (χ3n) is 3.74. The Hall–Kier alpha value is -2.60. The van der Waals surface area contributed by atoms with Gasteiger partial charge in [0.25, 0.3) is 0 Å². The normalized spacial score (nSPS) is 11.9. The average Bonchev–Trinajstić information content (AvgIpc) is 2.59. The van der Waals surface area contributed by atoms with E-state index in [0.717, 1.165) is 22.1 Å². The van der Waals surface area contributed by atoms with Crippen LogP contribution in [0, 0.1) is 0 Å². The van der Waals surface area contributed by atoms with Gasteiger partial charge < -0.3 is 19.9 Å². The van der Waals surface area contributed by atoms with Gasteiger partial charge in [0, 0.05) is 6.54 Å². The highest BCUT2D eigenvalue weighted by Crippen LogP contribution is 2.25. The third-order valence-corrected chi connectivity index (χ3v) is 3.74. The van der Waals surface area contributed by atoms with Crippen molar-refractivity contribution in [2.24, 2.45) is 0 Å². The standard InChI is InChI=1S/C18H21NO5/c1-12(18(22)19-7-8-24-11-17(20)21)13-3-4-15-10-16(23-2)6-5-14(15)9-13/h3-6,9-10,12H,7-8,11H2,1-2H3,(H,19,22)(H,20,21)/t12-/m0/s1. The lowest BCUT2D eigenvalue weighted by Crippen LogP contribution is -2.31. The molecule has 2 aromatic rings. The zero-order chi connectivity index (χ0) is 17.5. The van der Waals surface area contributed by atoms with Crippen molar-refractivity contribution in [2.75, 3.05) is 26.9 Å². The Morgan fingerprint density at radius 1 is 1.17 bits per heavy atom. The minimum absolute atomic E-state index is 0.123. The van der Waals surface area contributed by atoms with E-state index in [9.17, 15) is 9.59 Å². The van der Waals surface area contributed by atoms with Gasteiger partial charge in [-0.3, -0.25) is 4.79 Å². The number of ether oxygens (including phenoxy) is 2. The highest BCUT2D eigenvalue weighted by Gasteiger charge is 2.15. The van der Waals surface area contributed by atoms with Gasteiger partial charge in [-0.05, 0) is 35.4 Å². The molecule has 1 atom stereocenters. The van der Waals surface area contributed by atoms with Crippen LogP contribution in [-0.4, -0.2) is 43.9 Å². The van der Waals surface area contributed by atoms with Crippen molar-refractivity contribution < 1.29 is 24.2 Å². The van der Waals surface area contributed by atoms with Crippen LogP contribution < -0.4 is 10.1 Å². The van der Waals surface area contributed by atoms with Gasteiger partial charge in [-0.2, -0.15) is 0 Å². The smallest absolute Gasteiger partial charge is 0.329 e. The molecule has 0 fully saturated rings. The molecule has 0 unspecified atom stereocenters. The van der Waals surface area contributed by atoms with Gasteiger partial charge in [0.2, 0.25) is 5.91 Å². The molecular weight excluding hydrogens is 310 g/mol. The number of methoxy groups -OCH3 is 1. The summed E-state index contributed by atoms with van der Waals surface area (Å²) in [4.78, 5) is 22.5. The number of carboxylic acids is 1. The predicted octanol–water partition coefficient (Wildman–Crippen LogP) is 2.17. The topological polar surface area (TPSA) is 84.9 Å². The number of fused-ring (bicyclic) bond motifs is 1. The first kappa shape index (κ1) is 17.7. The molecule has 0 aliphatic rings. The highest BCUT2D eigenvalue weighted by molar-refractivity contribution is 5.88. The maximum Gasteiger partial charge on any atom is 0.329 e. The second kappa shape index (κ2) is 8.31. The average molecular weight is 331 g/mol. The number of hydrogen-bond donors (Lipinski definition) is 2. The van der Waals surface area contributed by atoms with Gasteiger partial charge in [0.05, 0.1) is 19.6 Å². The van der Waals surface area contributed by atoms with Crippen molar-refractivity contribution in [3.05, 3.63) is 42.0 Å². The molecular formula is C18H21NO5. The zero-order valence-corrected chi connectivity index (χ0v) is 13.7. The van der Waals surface area contributed by atoms with E-state index >= 15 is 0 Å². The minimum Gasteiger partial charge on any atom is -0.497 e. The Labute approximate surface area is 140 Å². The molecule has 0 saturated heterocycles. The van der Waals surface area contributed by atoms with Crippen LogP contribution in [0.5, 0.6) is 5.75 Å². The fourth-order valence-corrected chi connectivity index (χ4v) is 2.35. The van der Waals surface area contributed by atoms with E-state index in [1.54, 1.807) is 7.11 Å². The van der Waals surface area contributed by atoms with Crippen molar-refractivity contribution >= 4 is 22.6 Å². The highest BCUT2D eigenvalue weighted by atomic mass is 16.5. The molecule has 0 aromatic heterocycles. The quantitative estimate of drug-likeness (QED) is 0.724. The third kappa shape index (κ3) is 4.70. The molecule has 0 aliphatic carbocycles. The molecule has 0 heterocycles. The first-order valence-electron chi connectivity index (χ1n) is 7.66. The molecule has 2 rings (SSSR count).